The topological polar surface area (TPSA) is 26.0 Å². The summed E-state index contributed by atoms with van der Waals surface area (Å²) in [6.07, 6.45) is 0. The van der Waals surface area contributed by atoms with Gasteiger partial charge < -0.3 is 4.42 Å². The Labute approximate surface area is 85.6 Å². The zero-order valence-corrected chi connectivity index (χ0v) is 8.54. The fraction of sp³-hybridized carbons (Fsp3) is 0. The third kappa shape index (κ3) is 1.32. The van der Waals surface area contributed by atoms with E-state index in [1.807, 2.05) is 6.07 Å². The minimum Gasteiger partial charge on any atom is -0.431 e. The van der Waals surface area contributed by atoms with E-state index in [2.05, 4.69) is 42.9 Å². The zero-order valence-electron chi connectivity index (χ0n) is 5.85. The molecule has 0 aliphatic heterocycles. The van der Waals surface area contributed by atoms with E-state index in [0.29, 0.717) is 10.8 Å². The van der Waals surface area contributed by atoms with Crippen LogP contribution in [0.4, 0.5) is 0 Å². The lowest BCUT2D eigenvalue weighted by Crippen LogP contribution is -1.72. The molecule has 1 heterocycles. The van der Waals surface area contributed by atoms with Crippen molar-refractivity contribution in [3.05, 3.63) is 12.1 Å². The molecule has 0 saturated carbocycles. The second kappa shape index (κ2) is 2.90. The first kappa shape index (κ1) is 8.34. The molecule has 0 saturated heterocycles. The van der Waals surface area contributed by atoms with Crippen LogP contribution in [0.3, 0.4) is 0 Å². The number of oxazole rings is 1. The second-order valence-corrected chi connectivity index (χ2v) is 3.69. The first-order valence-corrected chi connectivity index (χ1v) is 4.52. The van der Waals surface area contributed by atoms with Crippen molar-refractivity contribution < 1.29 is 4.42 Å². The lowest BCUT2D eigenvalue weighted by Gasteiger charge is -1.93. The van der Waals surface area contributed by atoms with Crippen molar-refractivity contribution in [2.75, 3.05) is 0 Å². The van der Waals surface area contributed by atoms with Crippen molar-refractivity contribution >= 4 is 49.0 Å². The van der Waals surface area contributed by atoms with E-state index in [-0.39, 0.29) is 0 Å². The van der Waals surface area contributed by atoms with Gasteiger partial charge in [-0.3, -0.25) is 0 Å². The Morgan fingerprint density at radius 3 is 2.67 bits per heavy atom. The predicted octanol–water partition coefficient (Wildman–Crippen LogP) is 2.69. The largest absolute Gasteiger partial charge is 0.431 e. The van der Waals surface area contributed by atoms with E-state index in [4.69, 9.17) is 4.42 Å². The molecule has 0 spiro atoms. The highest BCUT2D eigenvalue weighted by molar-refractivity contribution is 7.81. The Kier molecular flexibility index (Phi) is 2.02. The molecule has 5 heteroatoms. The Morgan fingerprint density at radius 2 is 1.92 bits per heavy atom. The van der Waals surface area contributed by atoms with E-state index in [0.717, 1.165) is 15.3 Å². The molecule has 0 fully saturated rings. The average molecular weight is 215 g/mol. The molecular weight excluding hydrogens is 210 g/mol. The Morgan fingerprint density at radius 1 is 1.17 bits per heavy atom. The molecule has 0 bridgehead atoms. The van der Waals surface area contributed by atoms with E-state index >= 15 is 0 Å². The normalized spacial score (nSPS) is 10.9. The van der Waals surface area contributed by atoms with Gasteiger partial charge in [0.05, 0.1) is 0 Å². The van der Waals surface area contributed by atoms with Gasteiger partial charge in [-0.25, -0.2) is 4.98 Å². The van der Waals surface area contributed by atoms with Crippen molar-refractivity contribution in [1.29, 1.82) is 0 Å². The van der Waals surface area contributed by atoms with Gasteiger partial charge in [-0.05, 0) is 12.1 Å². The van der Waals surface area contributed by atoms with Crippen molar-refractivity contribution in [1.82, 2.24) is 4.98 Å². The van der Waals surface area contributed by atoms with Gasteiger partial charge >= 0.3 is 0 Å². The van der Waals surface area contributed by atoms with Gasteiger partial charge in [0.25, 0.3) is 5.22 Å². The summed E-state index contributed by atoms with van der Waals surface area (Å²) in [4.78, 5) is 5.60. The van der Waals surface area contributed by atoms with Crippen molar-refractivity contribution in [2.45, 2.75) is 15.0 Å². The number of nitrogens with zero attached hydrogens (tertiary/aromatic N) is 1. The fourth-order valence-electron chi connectivity index (χ4n) is 0.986. The van der Waals surface area contributed by atoms with Crippen LogP contribution in [-0.2, 0) is 0 Å². The molecule has 2 nitrogen and oxygen atoms in total. The molecule has 1 aromatic carbocycles. The maximum absolute atomic E-state index is 5.18. The van der Waals surface area contributed by atoms with Crippen LogP contribution in [0.5, 0.6) is 0 Å². The van der Waals surface area contributed by atoms with Crippen LogP contribution in [0.15, 0.2) is 31.6 Å². The summed E-state index contributed by atoms with van der Waals surface area (Å²) < 4.78 is 5.18. The summed E-state index contributed by atoms with van der Waals surface area (Å²) in [6.45, 7) is 0. The van der Waals surface area contributed by atoms with E-state index in [9.17, 15) is 0 Å². The standard InChI is InChI=1S/C7H5NOS3/c10-3-1-4-6(5(11)2-3)8-7(12)9-4/h1-2,10-11H,(H,8,12). The summed E-state index contributed by atoms with van der Waals surface area (Å²) >= 11 is 12.4. The van der Waals surface area contributed by atoms with Gasteiger partial charge in [-0.15, -0.1) is 25.3 Å². The minimum absolute atomic E-state index is 0.347. The van der Waals surface area contributed by atoms with E-state index < -0.39 is 0 Å². The number of rotatable bonds is 0. The lowest BCUT2D eigenvalue weighted by molar-refractivity contribution is 0.491. The third-order valence-electron chi connectivity index (χ3n) is 1.45. The van der Waals surface area contributed by atoms with Crippen LogP contribution in [-0.4, -0.2) is 4.98 Å². The molecule has 0 amide bonds. The summed E-state index contributed by atoms with van der Waals surface area (Å²) in [5.41, 5.74) is 1.39. The van der Waals surface area contributed by atoms with Gasteiger partial charge in [0, 0.05) is 9.79 Å². The third-order valence-corrected chi connectivity index (χ3v) is 2.24. The highest BCUT2D eigenvalue weighted by atomic mass is 32.1. The summed E-state index contributed by atoms with van der Waals surface area (Å²) in [7, 11) is 0. The van der Waals surface area contributed by atoms with Gasteiger partial charge in [-0.1, -0.05) is 12.6 Å². The quantitative estimate of drug-likeness (QED) is 0.589. The smallest absolute Gasteiger partial charge is 0.253 e. The van der Waals surface area contributed by atoms with Gasteiger partial charge in [0.1, 0.15) is 5.52 Å². The summed E-state index contributed by atoms with van der Waals surface area (Å²) in [5.74, 6) is 0. The first-order valence-electron chi connectivity index (χ1n) is 3.18. The van der Waals surface area contributed by atoms with Crippen LogP contribution in [0.25, 0.3) is 11.1 Å². The van der Waals surface area contributed by atoms with Gasteiger partial charge in [0.15, 0.2) is 5.58 Å². The highest BCUT2D eigenvalue weighted by Crippen LogP contribution is 2.26. The summed E-state index contributed by atoms with van der Waals surface area (Å²) in [5, 5.41) is 0.347. The van der Waals surface area contributed by atoms with E-state index in [1.165, 1.54) is 0 Å². The molecule has 1 aromatic heterocycles. The molecule has 0 unspecified atom stereocenters. The summed E-state index contributed by atoms with van der Waals surface area (Å²) in [6, 6.07) is 3.59. The van der Waals surface area contributed by atoms with Crippen molar-refractivity contribution in [3.63, 3.8) is 0 Å². The van der Waals surface area contributed by atoms with Crippen LogP contribution >= 0.6 is 37.9 Å². The molecule has 12 heavy (non-hydrogen) atoms. The number of hydrogen-bond donors (Lipinski definition) is 3. The van der Waals surface area contributed by atoms with Gasteiger partial charge in [-0.2, -0.15) is 0 Å². The van der Waals surface area contributed by atoms with Crippen LogP contribution in [0, 0.1) is 0 Å². The Hall–Kier alpha value is -0.260. The Bertz CT molecular complexity index is 437. The van der Waals surface area contributed by atoms with E-state index in [1.54, 1.807) is 6.07 Å². The monoisotopic (exact) mass is 215 g/mol. The Balaban J connectivity index is 2.88. The number of aromatic nitrogens is 1. The molecule has 62 valence electrons. The number of benzene rings is 1. The molecule has 0 aliphatic carbocycles. The average Bonchev–Trinajstić information content (AvgIpc) is 2.29. The SMILES string of the molecule is Sc1cc(S)c2nc(S)oc2c1. The lowest BCUT2D eigenvalue weighted by atomic mass is 10.3. The zero-order chi connectivity index (χ0) is 8.72. The molecule has 2 aromatic rings. The van der Waals surface area contributed by atoms with Crippen molar-refractivity contribution in [3.8, 4) is 0 Å². The number of thiol groups is 3. The van der Waals surface area contributed by atoms with Crippen LogP contribution in [0.1, 0.15) is 0 Å². The van der Waals surface area contributed by atoms with Crippen LogP contribution < -0.4 is 0 Å². The molecule has 0 aliphatic rings. The molecular formula is C7H5NOS3. The van der Waals surface area contributed by atoms with Gasteiger partial charge in [0.2, 0.25) is 0 Å². The van der Waals surface area contributed by atoms with Crippen molar-refractivity contribution in [2.24, 2.45) is 0 Å². The minimum atomic E-state index is 0.347. The first-order chi connectivity index (χ1) is 5.66. The number of hydrogen-bond acceptors (Lipinski definition) is 5. The predicted molar refractivity (Wildman–Crippen MR) is 55.8 cm³/mol. The number of fused-ring (bicyclic) bond motifs is 1. The molecule has 0 radical (unpaired) electrons. The van der Waals surface area contributed by atoms with Crippen LogP contribution in [0.2, 0.25) is 0 Å². The maximum atomic E-state index is 5.18. The molecule has 0 atom stereocenters. The molecule has 0 N–H and O–H groups in total. The highest BCUT2D eigenvalue weighted by Gasteiger charge is 2.06. The maximum Gasteiger partial charge on any atom is 0.253 e. The second-order valence-electron chi connectivity index (χ2n) is 2.31. The fourth-order valence-corrected chi connectivity index (χ4v) is 1.83. The molecule has 2 rings (SSSR count).